The third kappa shape index (κ3) is 4.94. The van der Waals surface area contributed by atoms with Crippen molar-refractivity contribution >= 4 is 11.8 Å². The van der Waals surface area contributed by atoms with Gasteiger partial charge in [-0.3, -0.25) is 14.6 Å². The van der Waals surface area contributed by atoms with Crippen molar-refractivity contribution in [2.45, 2.75) is 26.7 Å². The van der Waals surface area contributed by atoms with E-state index in [1.54, 1.807) is 24.5 Å². The van der Waals surface area contributed by atoms with Crippen LogP contribution in [0.3, 0.4) is 0 Å². The second kappa shape index (κ2) is 8.80. The van der Waals surface area contributed by atoms with E-state index in [1.807, 2.05) is 34.1 Å². The van der Waals surface area contributed by atoms with Gasteiger partial charge in [-0.15, -0.1) is 0 Å². The van der Waals surface area contributed by atoms with Gasteiger partial charge in [-0.2, -0.15) is 0 Å². The molecule has 2 amide bonds. The van der Waals surface area contributed by atoms with Crippen molar-refractivity contribution in [3.8, 4) is 0 Å². The van der Waals surface area contributed by atoms with E-state index in [9.17, 15) is 9.59 Å². The van der Waals surface area contributed by atoms with Gasteiger partial charge in [-0.1, -0.05) is 26.0 Å². The summed E-state index contributed by atoms with van der Waals surface area (Å²) >= 11 is 0. The first-order valence-electron chi connectivity index (χ1n) is 9.62. The van der Waals surface area contributed by atoms with Crippen LogP contribution in [0.25, 0.3) is 0 Å². The summed E-state index contributed by atoms with van der Waals surface area (Å²) in [5, 5.41) is 0. The molecule has 3 rings (SSSR count). The van der Waals surface area contributed by atoms with Gasteiger partial charge >= 0.3 is 0 Å². The van der Waals surface area contributed by atoms with E-state index in [4.69, 9.17) is 0 Å². The zero-order valence-electron chi connectivity index (χ0n) is 16.1. The number of benzene rings is 1. The maximum absolute atomic E-state index is 12.8. The molecule has 0 radical (unpaired) electrons. The Morgan fingerprint density at radius 2 is 1.37 bits per heavy atom. The van der Waals surface area contributed by atoms with Gasteiger partial charge in [-0.25, -0.2) is 0 Å². The maximum Gasteiger partial charge on any atom is 0.254 e. The van der Waals surface area contributed by atoms with Gasteiger partial charge in [0.1, 0.15) is 0 Å². The summed E-state index contributed by atoms with van der Waals surface area (Å²) in [5.74, 6) is 0.648. The van der Waals surface area contributed by atoms with Crippen molar-refractivity contribution in [3.63, 3.8) is 0 Å². The molecule has 0 aliphatic carbocycles. The molecule has 5 heteroatoms. The Kier molecular flexibility index (Phi) is 6.22. The summed E-state index contributed by atoms with van der Waals surface area (Å²) in [4.78, 5) is 33.1. The molecule has 0 bridgehead atoms. The summed E-state index contributed by atoms with van der Waals surface area (Å²) in [6.07, 6.45) is 5.06. The van der Waals surface area contributed by atoms with Crippen LogP contribution in [0.4, 0.5) is 0 Å². The minimum Gasteiger partial charge on any atom is -0.337 e. The first kappa shape index (κ1) is 19.1. The average Bonchev–Trinajstić information content (AvgIpc) is 2.94. The molecule has 0 atom stereocenters. The molecule has 0 N–H and O–H groups in total. The van der Waals surface area contributed by atoms with Crippen LogP contribution in [-0.4, -0.2) is 52.8 Å². The first-order chi connectivity index (χ1) is 13.0. The zero-order valence-corrected chi connectivity index (χ0v) is 16.1. The lowest BCUT2D eigenvalue weighted by Gasteiger charge is -2.22. The largest absolute Gasteiger partial charge is 0.337 e. The minimum atomic E-state index is 0.00439. The number of amides is 2. The Labute approximate surface area is 161 Å². The molecule has 1 saturated heterocycles. The highest BCUT2D eigenvalue weighted by Crippen LogP contribution is 2.14. The van der Waals surface area contributed by atoms with E-state index >= 15 is 0 Å². The molecule has 1 aromatic heterocycles. The molecule has 2 heterocycles. The average molecular weight is 365 g/mol. The van der Waals surface area contributed by atoms with E-state index in [2.05, 4.69) is 18.8 Å². The molecule has 5 nitrogen and oxygen atoms in total. The number of rotatable bonds is 4. The Morgan fingerprint density at radius 3 is 1.89 bits per heavy atom. The van der Waals surface area contributed by atoms with Gasteiger partial charge < -0.3 is 9.80 Å². The number of nitrogens with zero attached hydrogens (tertiary/aromatic N) is 3. The predicted molar refractivity (Wildman–Crippen MR) is 106 cm³/mol. The fourth-order valence-corrected chi connectivity index (χ4v) is 3.44. The van der Waals surface area contributed by atoms with Crippen LogP contribution in [0, 0.1) is 5.92 Å². The molecule has 142 valence electrons. The summed E-state index contributed by atoms with van der Waals surface area (Å²) < 4.78 is 0. The summed E-state index contributed by atoms with van der Waals surface area (Å²) in [6, 6.07) is 11.4. The van der Waals surface area contributed by atoms with Gasteiger partial charge in [0.25, 0.3) is 11.8 Å². The first-order valence-corrected chi connectivity index (χ1v) is 9.62. The quantitative estimate of drug-likeness (QED) is 0.836. The van der Waals surface area contributed by atoms with Crippen molar-refractivity contribution < 1.29 is 9.59 Å². The Bertz CT molecular complexity index is 772. The molecular formula is C22H27N3O2. The number of hydrogen-bond acceptors (Lipinski definition) is 3. The van der Waals surface area contributed by atoms with Crippen LogP contribution in [0.2, 0.25) is 0 Å². The van der Waals surface area contributed by atoms with E-state index in [1.165, 1.54) is 5.56 Å². The van der Waals surface area contributed by atoms with Crippen LogP contribution in [-0.2, 0) is 6.42 Å². The molecule has 0 spiro atoms. The molecule has 0 saturated carbocycles. The third-order valence-corrected chi connectivity index (χ3v) is 4.84. The topological polar surface area (TPSA) is 53.5 Å². The van der Waals surface area contributed by atoms with Crippen molar-refractivity contribution in [1.29, 1.82) is 0 Å². The van der Waals surface area contributed by atoms with Crippen molar-refractivity contribution in [2.24, 2.45) is 5.92 Å². The third-order valence-electron chi connectivity index (χ3n) is 4.84. The highest BCUT2D eigenvalue weighted by molar-refractivity contribution is 5.95. The van der Waals surface area contributed by atoms with Gasteiger partial charge in [-0.05, 0) is 48.6 Å². The summed E-state index contributed by atoms with van der Waals surface area (Å²) in [5.41, 5.74) is 2.62. The van der Waals surface area contributed by atoms with Crippen LogP contribution >= 0.6 is 0 Å². The molecule has 1 aliphatic heterocycles. The second-order valence-electron chi connectivity index (χ2n) is 7.47. The lowest BCUT2D eigenvalue weighted by atomic mass is 10.0. The lowest BCUT2D eigenvalue weighted by molar-refractivity contribution is 0.0718. The minimum absolute atomic E-state index is 0.00439. The van der Waals surface area contributed by atoms with Crippen LogP contribution < -0.4 is 0 Å². The molecule has 2 aromatic rings. The summed E-state index contributed by atoms with van der Waals surface area (Å²) in [6.45, 7) is 6.83. The van der Waals surface area contributed by atoms with Crippen molar-refractivity contribution in [3.05, 3.63) is 65.5 Å². The van der Waals surface area contributed by atoms with Crippen molar-refractivity contribution in [1.82, 2.24) is 14.8 Å². The fraction of sp³-hybridized carbons (Fsp3) is 0.409. The normalized spacial score (nSPS) is 14.9. The van der Waals surface area contributed by atoms with E-state index in [-0.39, 0.29) is 11.8 Å². The smallest absolute Gasteiger partial charge is 0.254 e. The fourth-order valence-electron chi connectivity index (χ4n) is 3.44. The van der Waals surface area contributed by atoms with Crippen LogP contribution in [0.5, 0.6) is 0 Å². The number of aromatic nitrogens is 1. The molecule has 1 aliphatic rings. The number of carbonyl (C=O) groups excluding carboxylic acids is 2. The Morgan fingerprint density at radius 1 is 0.852 bits per heavy atom. The highest BCUT2D eigenvalue weighted by Gasteiger charge is 2.23. The number of pyridine rings is 1. The van der Waals surface area contributed by atoms with E-state index in [0.717, 1.165) is 18.4 Å². The lowest BCUT2D eigenvalue weighted by Crippen LogP contribution is -2.37. The maximum atomic E-state index is 12.8. The Hall–Kier alpha value is -2.69. The van der Waals surface area contributed by atoms with Crippen molar-refractivity contribution in [2.75, 3.05) is 26.2 Å². The van der Waals surface area contributed by atoms with Crippen LogP contribution in [0.1, 0.15) is 46.5 Å². The zero-order chi connectivity index (χ0) is 19.2. The van der Waals surface area contributed by atoms with E-state index in [0.29, 0.717) is 37.7 Å². The van der Waals surface area contributed by atoms with Gasteiger partial charge in [0.2, 0.25) is 0 Å². The van der Waals surface area contributed by atoms with Crippen LogP contribution in [0.15, 0.2) is 48.8 Å². The molecule has 27 heavy (non-hydrogen) atoms. The number of carbonyl (C=O) groups is 2. The SMILES string of the molecule is CC(C)Cc1ccc(C(=O)N2CCCN(C(=O)c3ccncc3)CC2)cc1. The van der Waals surface area contributed by atoms with Gasteiger partial charge in [0, 0.05) is 49.7 Å². The predicted octanol–water partition coefficient (Wildman–Crippen LogP) is 3.27. The van der Waals surface area contributed by atoms with E-state index < -0.39 is 0 Å². The second-order valence-corrected chi connectivity index (χ2v) is 7.47. The molecule has 0 unspecified atom stereocenters. The number of hydrogen-bond donors (Lipinski definition) is 0. The molecular weight excluding hydrogens is 338 g/mol. The standard InChI is InChI=1S/C22H27N3O2/c1-17(2)16-18-4-6-19(7-5-18)21(26)24-12-3-13-25(15-14-24)22(27)20-8-10-23-11-9-20/h4-11,17H,3,12-16H2,1-2H3. The van der Waals surface area contributed by atoms with Gasteiger partial charge in [0.05, 0.1) is 0 Å². The Balaban J connectivity index is 1.62. The monoisotopic (exact) mass is 365 g/mol. The summed E-state index contributed by atoms with van der Waals surface area (Å²) in [7, 11) is 0. The molecule has 1 fully saturated rings. The highest BCUT2D eigenvalue weighted by atomic mass is 16.2. The molecule has 1 aromatic carbocycles. The van der Waals surface area contributed by atoms with Gasteiger partial charge in [0.15, 0.2) is 0 Å².